The zero-order valence-corrected chi connectivity index (χ0v) is 15.5. The summed E-state index contributed by atoms with van der Waals surface area (Å²) in [5.74, 6) is 0.554. The van der Waals surface area contributed by atoms with Gasteiger partial charge in [-0.1, -0.05) is 23.7 Å². The second kappa shape index (κ2) is 8.02. The minimum Gasteiger partial charge on any atom is -0.308 e. The number of aromatic nitrogens is 2. The van der Waals surface area contributed by atoms with Crippen LogP contribution in [0.25, 0.3) is 0 Å². The Labute approximate surface area is 148 Å². The molecule has 0 aliphatic heterocycles. The maximum atomic E-state index is 12.7. The fourth-order valence-electron chi connectivity index (χ4n) is 2.10. The molecule has 0 amide bonds. The van der Waals surface area contributed by atoms with Crippen LogP contribution < -0.4 is 0 Å². The quantitative estimate of drug-likeness (QED) is 0.698. The largest absolute Gasteiger partial charge is 0.308 e. The van der Waals surface area contributed by atoms with E-state index in [9.17, 15) is 8.42 Å². The second-order valence-electron chi connectivity index (χ2n) is 5.75. The van der Waals surface area contributed by atoms with Crippen molar-refractivity contribution in [1.82, 2.24) is 19.2 Å². The number of rotatable bonds is 7. The molecule has 130 valence electrons. The molecule has 0 aliphatic rings. The van der Waals surface area contributed by atoms with Crippen LogP contribution in [0, 0.1) is 0 Å². The standard InChI is InChI=1S/C16H21ClN4O2S/c1-20(2)9-10-21(3)24(22,23)14-6-4-5-13(11-14)12-16-18-8-7-15(17)19-16/h4-8,11H,9-10,12H2,1-3H3. The van der Waals surface area contributed by atoms with E-state index in [4.69, 9.17) is 11.6 Å². The van der Waals surface area contributed by atoms with Crippen LogP contribution >= 0.6 is 11.6 Å². The summed E-state index contributed by atoms with van der Waals surface area (Å²) in [7, 11) is 1.89. The highest BCUT2D eigenvalue weighted by Gasteiger charge is 2.20. The molecule has 2 rings (SSSR count). The van der Waals surface area contributed by atoms with E-state index in [1.54, 1.807) is 37.5 Å². The van der Waals surface area contributed by atoms with Gasteiger partial charge in [0, 0.05) is 32.8 Å². The highest BCUT2D eigenvalue weighted by atomic mass is 35.5. The molecule has 0 aliphatic carbocycles. The molecule has 0 fully saturated rings. The Morgan fingerprint density at radius 1 is 1.12 bits per heavy atom. The van der Waals surface area contributed by atoms with E-state index in [1.165, 1.54) is 4.31 Å². The summed E-state index contributed by atoms with van der Waals surface area (Å²) < 4.78 is 26.7. The Balaban J connectivity index is 2.19. The van der Waals surface area contributed by atoms with E-state index in [2.05, 4.69) is 9.97 Å². The molecule has 1 aromatic carbocycles. The average molecular weight is 369 g/mol. The second-order valence-corrected chi connectivity index (χ2v) is 8.18. The van der Waals surface area contributed by atoms with Crippen LogP contribution in [0.3, 0.4) is 0 Å². The fraction of sp³-hybridized carbons (Fsp3) is 0.375. The van der Waals surface area contributed by atoms with Crippen molar-refractivity contribution in [2.45, 2.75) is 11.3 Å². The van der Waals surface area contributed by atoms with Crippen LogP contribution in [-0.4, -0.2) is 61.8 Å². The molecule has 2 aromatic rings. The number of hydrogen-bond donors (Lipinski definition) is 0. The lowest BCUT2D eigenvalue weighted by atomic mass is 10.1. The van der Waals surface area contributed by atoms with Gasteiger partial charge in [-0.15, -0.1) is 0 Å². The predicted octanol–water partition coefficient (Wildman–Crippen LogP) is 1.90. The van der Waals surface area contributed by atoms with E-state index in [0.29, 0.717) is 30.5 Å². The van der Waals surface area contributed by atoms with Crippen LogP contribution in [0.2, 0.25) is 5.15 Å². The van der Waals surface area contributed by atoms with E-state index in [1.807, 2.05) is 25.1 Å². The molecule has 0 radical (unpaired) electrons. The van der Waals surface area contributed by atoms with Crippen LogP contribution in [0.15, 0.2) is 41.4 Å². The van der Waals surface area contributed by atoms with Gasteiger partial charge in [-0.05, 0) is 37.9 Å². The lowest BCUT2D eigenvalue weighted by molar-refractivity contribution is 0.358. The number of nitrogens with zero attached hydrogens (tertiary/aromatic N) is 4. The molecule has 0 N–H and O–H groups in total. The lowest BCUT2D eigenvalue weighted by Gasteiger charge is -2.19. The summed E-state index contributed by atoms with van der Waals surface area (Å²) in [6.07, 6.45) is 2.01. The Hall–Kier alpha value is -1.54. The number of sulfonamides is 1. The molecular formula is C16H21ClN4O2S. The Bertz CT molecular complexity index is 796. The molecule has 6 nitrogen and oxygen atoms in total. The number of halogens is 1. The monoisotopic (exact) mass is 368 g/mol. The van der Waals surface area contributed by atoms with Gasteiger partial charge in [0.2, 0.25) is 10.0 Å². The average Bonchev–Trinajstić information content (AvgIpc) is 2.52. The lowest BCUT2D eigenvalue weighted by Crippen LogP contribution is -2.33. The SMILES string of the molecule is CN(C)CCN(C)S(=O)(=O)c1cccc(Cc2nccc(Cl)n2)c1. The van der Waals surface area contributed by atoms with Crippen LogP contribution in [0.1, 0.15) is 11.4 Å². The number of benzene rings is 1. The first-order chi connectivity index (χ1) is 11.3. The van der Waals surface area contributed by atoms with Crippen molar-refractivity contribution < 1.29 is 8.42 Å². The van der Waals surface area contributed by atoms with Crippen LogP contribution in [0.4, 0.5) is 0 Å². The normalized spacial score (nSPS) is 12.1. The van der Waals surface area contributed by atoms with Gasteiger partial charge < -0.3 is 4.90 Å². The highest BCUT2D eigenvalue weighted by molar-refractivity contribution is 7.89. The maximum absolute atomic E-state index is 12.7. The first-order valence-corrected chi connectivity index (χ1v) is 9.28. The first kappa shape index (κ1) is 18.8. The zero-order chi connectivity index (χ0) is 17.7. The van der Waals surface area contributed by atoms with Crippen LogP contribution in [0.5, 0.6) is 0 Å². The van der Waals surface area contributed by atoms with E-state index in [0.717, 1.165) is 5.56 Å². The molecule has 24 heavy (non-hydrogen) atoms. The Morgan fingerprint density at radius 2 is 1.88 bits per heavy atom. The van der Waals surface area contributed by atoms with Crippen LogP contribution in [-0.2, 0) is 16.4 Å². The van der Waals surface area contributed by atoms with Crippen molar-refractivity contribution in [3.63, 3.8) is 0 Å². The molecule has 1 aromatic heterocycles. The Morgan fingerprint density at radius 3 is 2.54 bits per heavy atom. The van der Waals surface area contributed by atoms with Gasteiger partial charge in [0.1, 0.15) is 11.0 Å². The van der Waals surface area contributed by atoms with Crippen molar-refractivity contribution in [2.24, 2.45) is 0 Å². The maximum Gasteiger partial charge on any atom is 0.242 e. The molecule has 8 heteroatoms. The van der Waals surface area contributed by atoms with Crippen molar-refractivity contribution in [2.75, 3.05) is 34.2 Å². The van der Waals surface area contributed by atoms with Gasteiger partial charge in [0.15, 0.2) is 0 Å². The van der Waals surface area contributed by atoms with Gasteiger partial charge in [-0.3, -0.25) is 0 Å². The van der Waals surface area contributed by atoms with Gasteiger partial charge in [0.25, 0.3) is 0 Å². The van der Waals surface area contributed by atoms with E-state index >= 15 is 0 Å². The van der Waals surface area contributed by atoms with Gasteiger partial charge >= 0.3 is 0 Å². The molecule has 1 heterocycles. The molecule has 0 spiro atoms. The molecule has 0 bridgehead atoms. The molecule has 0 atom stereocenters. The number of likely N-dealkylation sites (N-methyl/N-ethyl adjacent to an activating group) is 2. The minimum atomic E-state index is -3.52. The summed E-state index contributed by atoms with van der Waals surface area (Å²) in [5, 5.41) is 0.368. The Kier molecular flexibility index (Phi) is 6.28. The minimum absolute atomic E-state index is 0.267. The topological polar surface area (TPSA) is 66.4 Å². The summed E-state index contributed by atoms with van der Waals surface area (Å²) >= 11 is 5.86. The zero-order valence-electron chi connectivity index (χ0n) is 14.0. The summed E-state index contributed by atoms with van der Waals surface area (Å²) in [5.41, 5.74) is 0.819. The summed E-state index contributed by atoms with van der Waals surface area (Å²) in [6, 6.07) is 8.44. The first-order valence-electron chi connectivity index (χ1n) is 7.46. The highest BCUT2D eigenvalue weighted by Crippen LogP contribution is 2.17. The molecular weight excluding hydrogens is 348 g/mol. The third-order valence-corrected chi connectivity index (χ3v) is 5.57. The summed E-state index contributed by atoms with van der Waals surface area (Å²) in [4.78, 5) is 10.5. The van der Waals surface area contributed by atoms with Gasteiger partial charge in [-0.2, -0.15) is 4.31 Å². The molecule has 0 saturated heterocycles. The smallest absolute Gasteiger partial charge is 0.242 e. The fourth-order valence-corrected chi connectivity index (χ4v) is 3.49. The van der Waals surface area contributed by atoms with Crippen molar-refractivity contribution in [3.8, 4) is 0 Å². The third kappa shape index (κ3) is 4.98. The summed E-state index contributed by atoms with van der Waals surface area (Å²) in [6.45, 7) is 1.09. The van der Waals surface area contributed by atoms with E-state index in [-0.39, 0.29) is 4.90 Å². The van der Waals surface area contributed by atoms with Crippen molar-refractivity contribution >= 4 is 21.6 Å². The number of hydrogen-bond acceptors (Lipinski definition) is 5. The third-order valence-electron chi connectivity index (χ3n) is 3.50. The van der Waals surface area contributed by atoms with Gasteiger partial charge in [-0.25, -0.2) is 18.4 Å². The molecule has 0 unspecified atom stereocenters. The van der Waals surface area contributed by atoms with Gasteiger partial charge in [0.05, 0.1) is 4.90 Å². The predicted molar refractivity (Wildman–Crippen MR) is 94.7 cm³/mol. The van der Waals surface area contributed by atoms with Crippen molar-refractivity contribution in [1.29, 1.82) is 0 Å². The van der Waals surface area contributed by atoms with E-state index < -0.39 is 10.0 Å². The molecule has 0 saturated carbocycles. The van der Waals surface area contributed by atoms with Crippen molar-refractivity contribution in [3.05, 3.63) is 53.1 Å².